The molecule has 1 aliphatic heterocycles. The summed E-state index contributed by atoms with van der Waals surface area (Å²) in [5, 5.41) is 0. The number of aryl methyl sites for hydroxylation is 4. The van der Waals surface area contributed by atoms with E-state index >= 15 is 0 Å². The fourth-order valence-electron chi connectivity index (χ4n) is 6.21. The van der Waals surface area contributed by atoms with Gasteiger partial charge in [0.2, 0.25) is 0 Å². The number of allylic oxidation sites excluding steroid dienone is 2. The normalized spacial score (nSPS) is 17.5. The van der Waals surface area contributed by atoms with E-state index in [-0.39, 0.29) is 28.1 Å². The van der Waals surface area contributed by atoms with E-state index in [4.69, 9.17) is 0 Å². The van der Waals surface area contributed by atoms with Crippen LogP contribution in [0.3, 0.4) is 0 Å². The van der Waals surface area contributed by atoms with Crippen molar-refractivity contribution >= 4 is 31.2 Å². The minimum absolute atomic E-state index is 0. The summed E-state index contributed by atoms with van der Waals surface area (Å²) >= 11 is 0. The first-order valence-corrected chi connectivity index (χ1v) is 13.5. The van der Waals surface area contributed by atoms with Gasteiger partial charge >= 0.3 is 0 Å². The quantitative estimate of drug-likeness (QED) is 0.323. The van der Waals surface area contributed by atoms with E-state index in [0.29, 0.717) is 0 Å². The average molecular weight is 541 g/mol. The van der Waals surface area contributed by atoms with Gasteiger partial charge in [0.25, 0.3) is 0 Å². The number of benzene rings is 2. The van der Waals surface area contributed by atoms with Crippen LogP contribution in [0, 0.1) is 11.6 Å². The average Bonchev–Trinajstić information content (AvgIpc) is 3.39. The smallest absolute Gasteiger partial charge is 0.179 e. The van der Waals surface area contributed by atoms with Crippen LogP contribution in [0.5, 0.6) is 0 Å². The first kappa shape index (κ1) is 28.5. The largest absolute Gasteiger partial charge is 0.317 e. The van der Waals surface area contributed by atoms with Crippen molar-refractivity contribution in [1.29, 1.82) is 0 Å². The van der Waals surface area contributed by atoms with Crippen LogP contribution in [0.15, 0.2) is 71.1 Å². The fourth-order valence-corrected chi connectivity index (χ4v) is 6.21. The Labute approximate surface area is 236 Å². The Kier molecular flexibility index (Phi) is 8.78. The minimum Gasteiger partial charge on any atom is -0.317 e. The van der Waals surface area contributed by atoms with Crippen LogP contribution in [0.25, 0.3) is 0 Å². The van der Waals surface area contributed by atoms with E-state index in [1.54, 1.807) is 0 Å². The number of hydrogen-bond acceptors (Lipinski definition) is 2. The van der Waals surface area contributed by atoms with Crippen molar-refractivity contribution in [2.45, 2.75) is 88.0 Å². The van der Waals surface area contributed by atoms with Gasteiger partial charge in [0.1, 0.15) is 0 Å². The molecule has 2 aromatic rings. The molecular formula is C33H47GaN2. The topological polar surface area (TPSA) is 6.48 Å². The maximum atomic E-state index is 2.53. The number of nitrogens with zero attached hydrogens (tertiary/aromatic N) is 2. The molecule has 0 N–H and O–H groups in total. The van der Waals surface area contributed by atoms with Crippen molar-refractivity contribution in [3.05, 3.63) is 99.5 Å². The zero-order valence-corrected chi connectivity index (χ0v) is 26.3. The van der Waals surface area contributed by atoms with E-state index in [1.807, 2.05) is 0 Å². The molecule has 0 saturated carbocycles. The van der Waals surface area contributed by atoms with E-state index in [9.17, 15) is 0 Å². The molecular weight excluding hydrogens is 494 g/mol. The van der Waals surface area contributed by atoms with E-state index in [1.165, 1.54) is 62.1 Å². The number of hydrogen-bond donors (Lipinski definition) is 0. The zero-order valence-electron chi connectivity index (χ0n) is 23.9. The summed E-state index contributed by atoms with van der Waals surface area (Å²) in [7, 11) is 0. The second kappa shape index (κ2) is 11.1. The Morgan fingerprint density at radius 2 is 0.917 bits per heavy atom. The molecule has 192 valence electrons. The van der Waals surface area contributed by atoms with Gasteiger partial charge in [0.05, 0.1) is 5.41 Å². The summed E-state index contributed by atoms with van der Waals surface area (Å²) < 4.78 is 0. The monoisotopic (exact) mass is 540 g/mol. The Bertz CT molecular complexity index is 1090. The molecule has 0 saturated heterocycles. The minimum atomic E-state index is -0.185. The summed E-state index contributed by atoms with van der Waals surface area (Å²) in [5.74, 6) is 0. The van der Waals surface area contributed by atoms with Crippen molar-refractivity contribution in [3.63, 3.8) is 0 Å². The standard InChI is InChI=1S/C33H43N2.Ga.2H2/c1-10-26-16-14-17-27(11-2)30(26)34-20-21-35(31-28(12-3)18-15-19-29(31)13-4)32(34)33(9)24(7)22(5)23(6)25(33)8;;;/h14-21H,10-13H2,1-9H3;;2*1H. The maximum absolute atomic E-state index is 2.53. The van der Waals surface area contributed by atoms with Crippen LogP contribution in [0.2, 0.25) is 0 Å². The van der Waals surface area contributed by atoms with Crippen molar-refractivity contribution < 1.29 is 2.85 Å². The van der Waals surface area contributed by atoms with Gasteiger partial charge in [-0.05, 0) is 93.7 Å². The summed E-state index contributed by atoms with van der Waals surface area (Å²) in [6, 6.07) is 13.7. The molecule has 2 aromatic carbocycles. The number of anilines is 2. The molecule has 2 aliphatic rings. The molecule has 3 heteroatoms. The van der Waals surface area contributed by atoms with Crippen LogP contribution in [-0.2, 0) is 25.7 Å². The van der Waals surface area contributed by atoms with Crippen LogP contribution >= 0.6 is 0 Å². The molecule has 36 heavy (non-hydrogen) atoms. The van der Waals surface area contributed by atoms with Gasteiger partial charge in [-0.1, -0.05) is 75.2 Å². The first-order chi connectivity index (χ1) is 16.8. The summed E-state index contributed by atoms with van der Waals surface area (Å²) in [6.45, 7) is 20.8. The van der Waals surface area contributed by atoms with E-state index < -0.39 is 0 Å². The van der Waals surface area contributed by atoms with E-state index in [0.717, 1.165) is 25.7 Å². The van der Waals surface area contributed by atoms with Gasteiger partial charge in [-0.2, -0.15) is 0 Å². The third-order valence-electron chi connectivity index (χ3n) is 8.87. The van der Waals surface area contributed by atoms with Crippen molar-refractivity contribution in [2.75, 3.05) is 9.80 Å². The van der Waals surface area contributed by atoms with Crippen molar-refractivity contribution in [2.24, 2.45) is 5.41 Å². The molecule has 4 radical (unpaired) electrons. The van der Waals surface area contributed by atoms with Crippen LogP contribution in [-0.4, -0.2) is 19.8 Å². The van der Waals surface area contributed by atoms with Crippen molar-refractivity contribution in [3.8, 4) is 0 Å². The molecule has 0 spiro atoms. The SMILES string of the molecule is CCc1cccc(CC)c1N1C=CN(c2c(CC)cccc2CC)[C]1C1(C)C(C)=C(C)C(C)=C1C.[Ga].[HH].[HH]. The molecule has 0 fully saturated rings. The van der Waals surface area contributed by atoms with Gasteiger partial charge < -0.3 is 9.80 Å². The maximum Gasteiger partial charge on any atom is 0.179 e. The molecule has 2 nitrogen and oxygen atoms in total. The Morgan fingerprint density at radius 3 is 1.19 bits per heavy atom. The second-order valence-electron chi connectivity index (χ2n) is 10.3. The zero-order chi connectivity index (χ0) is 25.5. The van der Waals surface area contributed by atoms with Gasteiger partial charge in [0, 0.05) is 46.4 Å². The number of para-hydroxylation sites is 2. The molecule has 1 heterocycles. The fraction of sp³-hybridized carbons (Fsp3) is 0.424. The second-order valence-corrected chi connectivity index (χ2v) is 10.3. The number of rotatable bonds is 7. The van der Waals surface area contributed by atoms with Gasteiger partial charge in [-0.15, -0.1) is 0 Å². The van der Waals surface area contributed by atoms with E-state index in [2.05, 4.69) is 121 Å². The van der Waals surface area contributed by atoms with Crippen molar-refractivity contribution in [1.82, 2.24) is 0 Å². The molecule has 4 rings (SSSR count). The molecule has 0 unspecified atom stereocenters. The van der Waals surface area contributed by atoms with Crippen LogP contribution in [0.1, 0.15) is 87.4 Å². The Balaban J connectivity index is 0.00000241. The summed E-state index contributed by atoms with van der Waals surface area (Å²) in [4.78, 5) is 5.06. The summed E-state index contributed by atoms with van der Waals surface area (Å²) in [5.41, 5.74) is 14.0. The molecule has 1 aliphatic carbocycles. The third-order valence-corrected chi connectivity index (χ3v) is 8.87. The molecule has 0 aromatic heterocycles. The van der Waals surface area contributed by atoms with Crippen LogP contribution < -0.4 is 9.80 Å². The Hall–Kier alpha value is -2.10. The molecule has 0 atom stereocenters. The predicted molar refractivity (Wildman–Crippen MR) is 163 cm³/mol. The van der Waals surface area contributed by atoms with Gasteiger partial charge in [-0.25, -0.2) is 0 Å². The van der Waals surface area contributed by atoms with Gasteiger partial charge in [-0.3, -0.25) is 0 Å². The molecule has 0 bridgehead atoms. The Morgan fingerprint density at radius 1 is 0.611 bits per heavy atom. The summed E-state index contributed by atoms with van der Waals surface area (Å²) in [6.07, 6.45) is 10.1. The molecule has 0 amide bonds. The van der Waals surface area contributed by atoms with Gasteiger partial charge in [0.15, 0.2) is 6.17 Å². The third kappa shape index (κ3) is 4.22. The first-order valence-electron chi connectivity index (χ1n) is 13.5. The van der Waals surface area contributed by atoms with Crippen LogP contribution in [0.4, 0.5) is 11.4 Å². The predicted octanol–water partition coefficient (Wildman–Crippen LogP) is 9.03.